The van der Waals surface area contributed by atoms with Crippen LogP contribution < -0.4 is 5.32 Å². The van der Waals surface area contributed by atoms with Gasteiger partial charge in [-0.25, -0.2) is 0 Å². The number of anilines is 1. The number of hydrogen-bond acceptors (Lipinski definition) is 3. The standard InChI is InChI=1S/C15H21NO3S/c1-3-7-13(15(18)19)20-12-10-6-5-9-11(12)16-14(17)8-4-2/h5-6,9-10,13H,3-4,7-8H2,1-2H3,(H,16,17)(H,18,19). The SMILES string of the molecule is CCCC(=O)Nc1ccccc1SC(CCC)C(=O)O. The van der Waals surface area contributed by atoms with E-state index >= 15 is 0 Å². The summed E-state index contributed by atoms with van der Waals surface area (Å²) < 4.78 is 0. The van der Waals surface area contributed by atoms with Gasteiger partial charge >= 0.3 is 5.97 Å². The van der Waals surface area contributed by atoms with Crippen LogP contribution in [0.2, 0.25) is 0 Å². The van der Waals surface area contributed by atoms with Gasteiger partial charge < -0.3 is 10.4 Å². The van der Waals surface area contributed by atoms with Gasteiger partial charge in [-0.15, -0.1) is 11.8 Å². The molecule has 0 saturated heterocycles. The summed E-state index contributed by atoms with van der Waals surface area (Å²) in [6.45, 7) is 3.91. The van der Waals surface area contributed by atoms with Crippen LogP contribution in [0.25, 0.3) is 0 Å². The number of amides is 1. The van der Waals surface area contributed by atoms with Crippen molar-refractivity contribution in [3.63, 3.8) is 0 Å². The normalized spacial score (nSPS) is 11.9. The summed E-state index contributed by atoms with van der Waals surface area (Å²) in [5.74, 6) is -0.852. The summed E-state index contributed by atoms with van der Waals surface area (Å²) in [5.41, 5.74) is 0.693. The predicted octanol–water partition coefficient (Wildman–Crippen LogP) is 3.77. The molecule has 1 atom stereocenters. The van der Waals surface area contributed by atoms with Gasteiger partial charge in [0.1, 0.15) is 5.25 Å². The van der Waals surface area contributed by atoms with E-state index in [1.54, 1.807) is 6.07 Å². The molecule has 0 aliphatic rings. The van der Waals surface area contributed by atoms with Crippen molar-refractivity contribution in [1.29, 1.82) is 0 Å². The van der Waals surface area contributed by atoms with Crippen LogP contribution in [0.1, 0.15) is 39.5 Å². The van der Waals surface area contributed by atoms with Crippen molar-refractivity contribution in [3.8, 4) is 0 Å². The Morgan fingerprint density at radius 1 is 1.25 bits per heavy atom. The number of carboxylic acids is 1. The molecule has 4 nitrogen and oxygen atoms in total. The molecule has 1 aromatic carbocycles. The van der Waals surface area contributed by atoms with Gasteiger partial charge in [0.2, 0.25) is 5.91 Å². The molecule has 0 aliphatic heterocycles. The van der Waals surface area contributed by atoms with E-state index in [0.717, 1.165) is 17.7 Å². The second-order valence-electron chi connectivity index (χ2n) is 4.53. The highest BCUT2D eigenvalue weighted by Gasteiger charge is 2.19. The van der Waals surface area contributed by atoms with Gasteiger partial charge in [-0.3, -0.25) is 9.59 Å². The Balaban J connectivity index is 2.83. The fourth-order valence-corrected chi connectivity index (χ4v) is 2.92. The highest BCUT2D eigenvalue weighted by molar-refractivity contribution is 8.00. The Kier molecular flexibility index (Phi) is 7.15. The van der Waals surface area contributed by atoms with Crippen LogP contribution in [0.3, 0.4) is 0 Å². The molecule has 2 N–H and O–H groups in total. The van der Waals surface area contributed by atoms with Crippen molar-refractivity contribution in [3.05, 3.63) is 24.3 Å². The smallest absolute Gasteiger partial charge is 0.316 e. The highest BCUT2D eigenvalue weighted by atomic mass is 32.2. The molecule has 1 unspecified atom stereocenters. The van der Waals surface area contributed by atoms with E-state index in [1.165, 1.54) is 11.8 Å². The summed E-state index contributed by atoms with van der Waals surface area (Å²) in [4.78, 5) is 23.7. The van der Waals surface area contributed by atoms with Gasteiger partial charge in [-0.05, 0) is 25.0 Å². The minimum absolute atomic E-state index is 0.0390. The lowest BCUT2D eigenvalue weighted by atomic mass is 10.2. The Morgan fingerprint density at radius 3 is 2.55 bits per heavy atom. The van der Waals surface area contributed by atoms with E-state index in [1.807, 2.05) is 32.0 Å². The summed E-state index contributed by atoms with van der Waals surface area (Å²) in [5, 5.41) is 11.6. The third kappa shape index (κ3) is 5.25. The highest BCUT2D eigenvalue weighted by Crippen LogP contribution is 2.32. The third-order valence-corrected chi connectivity index (χ3v) is 4.07. The van der Waals surface area contributed by atoms with Crippen LogP contribution in [0, 0.1) is 0 Å². The zero-order valence-corrected chi connectivity index (χ0v) is 12.7. The largest absolute Gasteiger partial charge is 0.480 e. The number of para-hydroxylation sites is 1. The first kappa shape index (κ1) is 16.6. The molecule has 110 valence electrons. The minimum Gasteiger partial charge on any atom is -0.480 e. The van der Waals surface area contributed by atoms with E-state index < -0.39 is 11.2 Å². The quantitative estimate of drug-likeness (QED) is 0.716. The summed E-state index contributed by atoms with van der Waals surface area (Å²) in [7, 11) is 0. The van der Waals surface area contributed by atoms with Crippen LogP contribution in [-0.2, 0) is 9.59 Å². The zero-order valence-electron chi connectivity index (χ0n) is 11.9. The third-order valence-electron chi connectivity index (χ3n) is 2.73. The molecule has 1 aromatic rings. The molecule has 0 aliphatic carbocycles. The van der Waals surface area contributed by atoms with Crippen LogP contribution in [-0.4, -0.2) is 22.2 Å². The van der Waals surface area contributed by atoms with Crippen LogP contribution >= 0.6 is 11.8 Å². The van der Waals surface area contributed by atoms with Crippen molar-refractivity contribution >= 4 is 29.3 Å². The molecule has 0 fully saturated rings. The minimum atomic E-state index is -0.813. The molecule has 0 spiro atoms. The molecule has 0 aromatic heterocycles. The topological polar surface area (TPSA) is 66.4 Å². The van der Waals surface area contributed by atoms with Gasteiger partial charge in [0.25, 0.3) is 0 Å². The molecule has 0 radical (unpaired) electrons. The van der Waals surface area contributed by atoms with E-state index in [4.69, 9.17) is 0 Å². The molecule has 1 rings (SSSR count). The fourth-order valence-electron chi connectivity index (χ4n) is 1.76. The number of hydrogen-bond donors (Lipinski definition) is 2. The number of nitrogens with one attached hydrogen (secondary N) is 1. The van der Waals surface area contributed by atoms with Crippen LogP contribution in [0.5, 0.6) is 0 Å². The Bertz CT molecular complexity index is 462. The zero-order chi connectivity index (χ0) is 15.0. The van der Waals surface area contributed by atoms with Gasteiger partial charge in [-0.2, -0.15) is 0 Å². The molecular weight excluding hydrogens is 274 g/mol. The van der Waals surface area contributed by atoms with Crippen molar-refractivity contribution < 1.29 is 14.7 Å². The monoisotopic (exact) mass is 295 g/mol. The number of thioether (sulfide) groups is 1. The number of carboxylic acid groups (broad SMARTS) is 1. The van der Waals surface area contributed by atoms with Crippen LogP contribution in [0.15, 0.2) is 29.2 Å². The average Bonchev–Trinajstić information content (AvgIpc) is 2.40. The Morgan fingerprint density at radius 2 is 1.95 bits per heavy atom. The lowest BCUT2D eigenvalue weighted by Gasteiger charge is -2.14. The maximum Gasteiger partial charge on any atom is 0.316 e. The van der Waals surface area contributed by atoms with E-state index in [-0.39, 0.29) is 5.91 Å². The van der Waals surface area contributed by atoms with E-state index in [9.17, 15) is 14.7 Å². The van der Waals surface area contributed by atoms with Gasteiger partial charge in [0.05, 0.1) is 5.69 Å². The molecule has 0 heterocycles. The predicted molar refractivity (Wildman–Crippen MR) is 82.2 cm³/mol. The second kappa shape index (κ2) is 8.64. The average molecular weight is 295 g/mol. The summed E-state index contributed by atoms with van der Waals surface area (Å²) in [6, 6.07) is 7.34. The first-order chi connectivity index (χ1) is 9.58. The lowest BCUT2D eigenvalue weighted by Crippen LogP contribution is -2.17. The summed E-state index contributed by atoms with van der Waals surface area (Å²) >= 11 is 1.29. The van der Waals surface area contributed by atoms with Gasteiger partial charge in [0.15, 0.2) is 0 Å². The molecule has 0 saturated carbocycles. The van der Waals surface area contributed by atoms with E-state index in [0.29, 0.717) is 18.5 Å². The molecule has 5 heteroatoms. The van der Waals surface area contributed by atoms with Crippen LogP contribution in [0.4, 0.5) is 5.69 Å². The number of aliphatic carboxylic acids is 1. The Hall–Kier alpha value is -1.49. The number of rotatable bonds is 8. The Labute approximate surface area is 124 Å². The summed E-state index contributed by atoms with van der Waals surface area (Å²) in [6.07, 6.45) is 2.68. The van der Waals surface area contributed by atoms with E-state index in [2.05, 4.69) is 5.32 Å². The van der Waals surface area contributed by atoms with Gasteiger partial charge in [-0.1, -0.05) is 32.4 Å². The fraction of sp³-hybridized carbons (Fsp3) is 0.467. The van der Waals surface area contributed by atoms with Gasteiger partial charge in [0, 0.05) is 11.3 Å². The first-order valence-corrected chi connectivity index (χ1v) is 7.74. The molecule has 1 amide bonds. The van der Waals surface area contributed by atoms with Crippen molar-refractivity contribution in [1.82, 2.24) is 0 Å². The number of carbonyl (C=O) groups is 2. The molecule has 20 heavy (non-hydrogen) atoms. The second-order valence-corrected chi connectivity index (χ2v) is 5.77. The molecule has 0 bridgehead atoms. The molecular formula is C15H21NO3S. The van der Waals surface area contributed by atoms with Crippen molar-refractivity contribution in [2.45, 2.75) is 49.7 Å². The lowest BCUT2D eigenvalue weighted by molar-refractivity contribution is -0.136. The van der Waals surface area contributed by atoms with Crippen molar-refractivity contribution in [2.75, 3.05) is 5.32 Å². The maximum absolute atomic E-state index is 11.7. The number of benzene rings is 1. The maximum atomic E-state index is 11.7. The number of carbonyl (C=O) groups excluding carboxylic acids is 1. The first-order valence-electron chi connectivity index (χ1n) is 6.86. The van der Waals surface area contributed by atoms with Crippen molar-refractivity contribution in [2.24, 2.45) is 0 Å².